The molecule has 5 rings (SSSR count). The molecule has 2 N–H and O–H groups in total. The molecule has 0 aliphatic carbocycles. The number of aromatic nitrogens is 7. The average molecular weight is 418 g/mol. The number of pyridine rings is 1. The normalized spacial score (nSPS) is 11.2. The van der Waals surface area contributed by atoms with Crippen LogP contribution in [0.25, 0.3) is 33.7 Å². The molecule has 154 valence electrons. The van der Waals surface area contributed by atoms with E-state index in [-0.39, 0.29) is 12.4 Å². The van der Waals surface area contributed by atoms with E-state index in [0.717, 1.165) is 17.5 Å². The van der Waals surface area contributed by atoms with Crippen molar-refractivity contribution in [2.45, 2.75) is 6.54 Å². The van der Waals surface area contributed by atoms with E-state index in [9.17, 15) is 9.18 Å². The van der Waals surface area contributed by atoms with E-state index in [1.807, 2.05) is 13.2 Å². The summed E-state index contributed by atoms with van der Waals surface area (Å²) in [5.41, 5.74) is 3.78. The van der Waals surface area contributed by atoms with Crippen molar-refractivity contribution in [1.29, 1.82) is 0 Å². The lowest BCUT2D eigenvalue weighted by molar-refractivity contribution is 0.0937. The number of hydrogen-bond donors (Lipinski definition) is 2. The van der Waals surface area contributed by atoms with Gasteiger partial charge >= 0.3 is 0 Å². The molecule has 11 heteroatoms. The van der Waals surface area contributed by atoms with Gasteiger partial charge in [-0.3, -0.25) is 9.48 Å². The van der Waals surface area contributed by atoms with Crippen LogP contribution in [-0.4, -0.2) is 40.8 Å². The van der Waals surface area contributed by atoms with Crippen molar-refractivity contribution >= 4 is 17.1 Å². The van der Waals surface area contributed by atoms with Gasteiger partial charge in [0.1, 0.15) is 11.6 Å². The fourth-order valence-electron chi connectivity index (χ4n) is 3.22. The van der Waals surface area contributed by atoms with Crippen LogP contribution >= 0.6 is 0 Å². The van der Waals surface area contributed by atoms with Crippen molar-refractivity contribution in [1.82, 2.24) is 40.2 Å². The number of nitrogens with one attached hydrogen (secondary N) is 2. The molecule has 0 spiro atoms. The highest BCUT2D eigenvalue weighted by molar-refractivity contribution is 5.91. The average Bonchev–Trinajstić information content (AvgIpc) is 3.52. The van der Waals surface area contributed by atoms with Crippen LogP contribution in [0, 0.1) is 5.82 Å². The summed E-state index contributed by atoms with van der Waals surface area (Å²) >= 11 is 0. The number of H-pyrrole nitrogens is 1. The van der Waals surface area contributed by atoms with Crippen LogP contribution < -0.4 is 5.32 Å². The van der Waals surface area contributed by atoms with Gasteiger partial charge in [-0.2, -0.15) is 10.1 Å². The summed E-state index contributed by atoms with van der Waals surface area (Å²) in [6, 6.07) is 6.60. The summed E-state index contributed by atoms with van der Waals surface area (Å²) in [4.78, 5) is 27.6. The van der Waals surface area contributed by atoms with Gasteiger partial charge in [-0.1, -0.05) is 17.3 Å². The third kappa shape index (κ3) is 3.52. The van der Waals surface area contributed by atoms with Crippen molar-refractivity contribution in [2.24, 2.45) is 7.05 Å². The topological polar surface area (TPSA) is 127 Å². The minimum atomic E-state index is -0.548. The highest BCUT2D eigenvalue weighted by Gasteiger charge is 2.15. The lowest BCUT2D eigenvalue weighted by atomic mass is 10.0. The highest BCUT2D eigenvalue weighted by Crippen LogP contribution is 2.29. The molecule has 5 aromatic rings. The van der Waals surface area contributed by atoms with Gasteiger partial charge < -0.3 is 14.8 Å². The van der Waals surface area contributed by atoms with E-state index in [0.29, 0.717) is 28.1 Å². The second-order valence-corrected chi connectivity index (χ2v) is 6.79. The molecular formula is C20H15FN8O2. The Bertz CT molecular complexity index is 1390. The van der Waals surface area contributed by atoms with Gasteiger partial charge in [0.25, 0.3) is 11.7 Å². The fourth-order valence-corrected chi connectivity index (χ4v) is 3.22. The summed E-state index contributed by atoms with van der Waals surface area (Å²) in [7, 11) is 1.82. The number of rotatable bonds is 5. The quantitative estimate of drug-likeness (QED) is 0.449. The Morgan fingerprint density at radius 1 is 1.26 bits per heavy atom. The number of nitrogens with zero attached hydrogens (tertiary/aromatic N) is 6. The summed E-state index contributed by atoms with van der Waals surface area (Å²) in [5, 5.41) is 10.2. The monoisotopic (exact) mass is 418 g/mol. The maximum atomic E-state index is 14.7. The first kappa shape index (κ1) is 18.6. The molecule has 0 radical (unpaired) electrons. The maximum absolute atomic E-state index is 14.7. The number of hydrogen-bond acceptors (Lipinski definition) is 7. The SMILES string of the molecule is Cn1cc(-c2nc3nccc(-c4ccc(CNC(=O)c5ncon5)c(F)c4)c3[nH]2)cn1. The van der Waals surface area contributed by atoms with Crippen LogP contribution in [0.2, 0.25) is 0 Å². The van der Waals surface area contributed by atoms with E-state index in [2.05, 4.69) is 40.0 Å². The molecule has 31 heavy (non-hydrogen) atoms. The number of carbonyl (C=O) groups is 1. The van der Waals surface area contributed by atoms with Gasteiger partial charge in [-0.05, 0) is 17.7 Å². The number of halogens is 1. The molecule has 0 saturated heterocycles. The fraction of sp³-hybridized carbons (Fsp3) is 0.100. The molecule has 0 unspecified atom stereocenters. The lowest BCUT2D eigenvalue weighted by Crippen LogP contribution is -2.24. The molecular weight excluding hydrogens is 403 g/mol. The number of imidazole rings is 1. The molecule has 1 amide bonds. The molecule has 0 saturated carbocycles. The Balaban J connectivity index is 1.43. The highest BCUT2D eigenvalue weighted by atomic mass is 19.1. The standard InChI is InChI=1S/C20H15FN8O2/c1-29-9-13(8-25-29)17-26-16-14(4-5-22-18(16)27-17)11-2-3-12(15(21)6-11)7-23-20(30)19-24-10-31-28-19/h2-6,8-10H,7H2,1H3,(H,23,30)(H,22,26,27). The van der Waals surface area contributed by atoms with E-state index in [1.54, 1.807) is 35.3 Å². The smallest absolute Gasteiger partial charge is 0.292 e. The van der Waals surface area contributed by atoms with Crippen LogP contribution in [0.4, 0.5) is 4.39 Å². The first-order valence-electron chi connectivity index (χ1n) is 9.25. The number of fused-ring (bicyclic) bond motifs is 1. The molecule has 0 fully saturated rings. The summed E-state index contributed by atoms with van der Waals surface area (Å²) < 4.78 is 21.0. The molecule has 0 atom stereocenters. The molecule has 0 aliphatic rings. The van der Waals surface area contributed by atoms with Crippen molar-refractivity contribution in [3.05, 3.63) is 66.5 Å². The zero-order chi connectivity index (χ0) is 21.4. The number of carbonyl (C=O) groups excluding carboxylic acids is 1. The van der Waals surface area contributed by atoms with Gasteiger partial charge in [0, 0.05) is 37.1 Å². The maximum Gasteiger partial charge on any atom is 0.292 e. The van der Waals surface area contributed by atoms with Gasteiger partial charge in [0.15, 0.2) is 5.65 Å². The molecule has 10 nitrogen and oxygen atoms in total. The van der Waals surface area contributed by atoms with Crippen molar-refractivity contribution in [3.8, 4) is 22.5 Å². The first-order valence-corrected chi connectivity index (χ1v) is 9.25. The third-order valence-electron chi connectivity index (χ3n) is 4.74. The summed E-state index contributed by atoms with van der Waals surface area (Å²) in [6.07, 6.45) is 6.22. The summed E-state index contributed by atoms with van der Waals surface area (Å²) in [6.45, 7) is -0.0134. The molecule has 4 aromatic heterocycles. The van der Waals surface area contributed by atoms with Gasteiger partial charge in [-0.25, -0.2) is 14.4 Å². The van der Waals surface area contributed by atoms with Crippen LogP contribution in [0.15, 0.2) is 53.8 Å². The second kappa shape index (κ2) is 7.44. The number of amides is 1. The Hall–Kier alpha value is -4.41. The Morgan fingerprint density at radius 3 is 2.90 bits per heavy atom. The van der Waals surface area contributed by atoms with E-state index < -0.39 is 11.7 Å². The van der Waals surface area contributed by atoms with E-state index in [4.69, 9.17) is 0 Å². The van der Waals surface area contributed by atoms with Crippen molar-refractivity contribution < 1.29 is 13.7 Å². The minimum Gasteiger partial charge on any atom is -0.345 e. The van der Waals surface area contributed by atoms with Gasteiger partial charge in [-0.15, -0.1) is 0 Å². The lowest BCUT2D eigenvalue weighted by Gasteiger charge is -2.08. The molecule has 4 heterocycles. The molecule has 0 bridgehead atoms. The zero-order valence-corrected chi connectivity index (χ0v) is 16.2. The Kier molecular flexibility index (Phi) is 4.47. The predicted octanol–water partition coefficient (Wildman–Crippen LogP) is 2.48. The minimum absolute atomic E-state index is 0.0134. The number of benzene rings is 1. The van der Waals surface area contributed by atoms with Gasteiger partial charge in [0.2, 0.25) is 6.39 Å². The number of aryl methyl sites for hydroxylation is 1. The third-order valence-corrected chi connectivity index (χ3v) is 4.74. The zero-order valence-electron chi connectivity index (χ0n) is 16.2. The summed E-state index contributed by atoms with van der Waals surface area (Å²) in [5.74, 6) is -0.486. The Morgan fingerprint density at radius 2 is 2.16 bits per heavy atom. The number of aromatic amines is 1. The predicted molar refractivity (Wildman–Crippen MR) is 107 cm³/mol. The Labute approximate surface area is 174 Å². The van der Waals surface area contributed by atoms with Gasteiger partial charge in [0.05, 0.1) is 17.3 Å². The molecule has 0 aliphatic heterocycles. The first-order chi connectivity index (χ1) is 15.1. The van der Waals surface area contributed by atoms with Crippen LogP contribution in [0.5, 0.6) is 0 Å². The van der Waals surface area contributed by atoms with E-state index >= 15 is 0 Å². The molecule has 1 aromatic carbocycles. The second-order valence-electron chi connectivity index (χ2n) is 6.79. The largest absolute Gasteiger partial charge is 0.345 e. The van der Waals surface area contributed by atoms with Crippen molar-refractivity contribution in [3.63, 3.8) is 0 Å². The van der Waals surface area contributed by atoms with Crippen LogP contribution in [0.1, 0.15) is 16.2 Å². The van der Waals surface area contributed by atoms with E-state index in [1.165, 1.54) is 6.07 Å². The van der Waals surface area contributed by atoms with Crippen LogP contribution in [-0.2, 0) is 13.6 Å². The van der Waals surface area contributed by atoms with Crippen LogP contribution in [0.3, 0.4) is 0 Å². The van der Waals surface area contributed by atoms with Crippen molar-refractivity contribution in [2.75, 3.05) is 0 Å².